The summed E-state index contributed by atoms with van der Waals surface area (Å²) in [6.45, 7) is 0. The molecule has 1 atom stereocenters. The van der Waals surface area contributed by atoms with Crippen molar-refractivity contribution >= 4 is 45.4 Å². The molecule has 2 N–H and O–H groups in total. The molecule has 0 aromatic heterocycles. The number of hydrogen-bond donors (Lipinski definition) is 2. The molecular weight excluding hydrogens is 339 g/mol. The maximum atomic E-state index is 13.6. The second-order valence-electron chi connectivity index (χ2n) is 3.88. The molecule has 5 nitrogen and oxygen atoms in total. The third kappa shape index (κ3) is 3.19. The van der Waals surface area contributed by atoms with Crippen molar-refractivity contribution in [2.75, 3.05) is 16.9 Å². The Hall–Kier alpha value is -1.28. The zero-order valence-electron chi connectivity index (χ0n) is 9.60. The van der Waals surface area contributed by atoms with Crippen molar-refractivity contribution in [3.8, 4) is 0 Å². The quantitative estimate of drug-likeness (QED) is 0.861. The Morgan fingerprint density at radius 3 is 2.89 bits per heavy atom. The number of hydrogen-bond acceptors (Lipinski definition) is 3. The average molecular weight is 349 g/mol. The van der Waals surface area contributed by atoms with Gasteiger partial charge in [-0.1, -0.05) is 15.9 Å². The van der Waals surface area contributed by atoms with E-state index in [0.717, 1.165) is 0 Å². The first-order valence-electron chi connectivity index (χ1n) is 5.32. The number of urea groups is 1. The van der Waals surface area contributed by atoms with Crippen LogP contribution in [0.15, 0.2) is 22.7 Å². The van der Waals surface area contributed by atoms with Gasteiger partial charge >= 0.3 is 12.0 Å². The van der Waals surface area contributed by atoms with E-state index in [-0.39, 0.29) is 11.6 Å². The highest BCUT2D eigenvalue weighted by atomic mass is 79.9. The molecule has 0 spiro atoms. The Kier molecular flexibility index (Phi) is 4.31. The highest BCUT2D eigenvalue weighted by molar-refractivity contribution is 9.10. The first kappa shape index (κ1) is 14.1. The maximum absolute atomic E-state index is 13.6. The number of carboxylic acids is 1. The molecule has 0 aliphatic carbocycles. The van der Waals surface area contributed by atoms with Crippen LogP contribution in [0.2, 0.25) is 0 Å². The molecule has 8 heteroatoms. The molecule has 1 aliphatic heterocycles. The van der Waals surface area contributed by atoms with Gasteiger partial charge in [0.15, 0.2) is 0 Å². The van der Waals surface area contributed by atoms with Gasteiger partial charge in [0, 0.05) is 10.2 Å². The minimum Gasteiger partial charge on any atom is -0.480 e. The molecule has 0 bridgehead atoms. The zero-order chi connectivity index (χ0) is 14.0. The molecule has 102 valence electrons. The Morgan fingerprint density at radius 1 is 1.53 bits per heavy atom. The van der Waals surface area contributed by atoms with E-state index < -0.39 is 23.9 Å². The molecule has 1 saturated heterocycles. The lowest BCUT2D eigenvalue weighted by Crippen LogP contribution is -2.44. The number of rotatable bonds is 2. The van der Waals surface area contributed by atoms with E-state index in [1.54, 1.807) is 6.07 Å². The summed E-state index contributed by atoms with van der Waals surface area (Å²) in [7, 11) is 0. The fourth-order valence-electron chi connectivity index (χ4n) is 1.63. The normalized spacial score (nSPS) is 18.4. The van der Waals surface area contributed by atoms with E-state index in [9.17, 15) is 14.0 Å². The smallest absolute Gasteiger partial charge is 0.327 e. The van der Waals surface area contributed by atoms with Crippen molar-refractivity contribution in [3.05, 3.63) is 28.5 Å². The maximum Gasteiger partial charge on any atom is 0.327 e. The van der Waals surface area contributed by atoms with E-state index in [1.165, 1.54) is 28.8 Å². The number of halogens is 2. The third-order valence-electron chi connectivity index (χ3n) is 2.60. The predicted octanol–water partition coefficient (Wildman–Crippen LogP) is 2.58. The number of benzene rings is 1. The summed E-state index contributed by atoms with van der Waals surface area (Å²) in [6, 6.07) is 2.74. The van der Waals surface area contributed by atoms with Crippen LogP contribution in [0.3, 0.4) is 0 Å². The topological polar surface area (TPSA) is 69.6 Å². The molecule has 1 aromatic carbocycles. The summed E-state index contributed by atoms with van der Waals surface area (Å²) in [6.07, 6.45) is 0. The van der Waals surface area contributed by atoms with Crippen LogP contribution >= 0.6 is 27.7 Å². The number of nitrogens with one attached hydrogen (secondary N) is 1. The van der Waals surface area contributed by atoms with Crippen LogP contribution in [-0.2, 0) is 4.79 Å². The van der Waals surface area contributed by atoms with Gasteiger partial charge in [0.25, 0.3) is 0 Å². The van der Waals surface area contributed by atoms with Crippen molar-refractivity contribution in [2.45, 2.75) is 6.04 Å². The van der Waals surface area contributed by atoms with Crippen LogP contribution in [0.5, 0.6) is 0 Å². The number of nitrogens with zero attached hydrogens (tertiary/aromatic N) is 1. The van der Waals surface area contributed by atoms with E-state index in [4.69, 9.17) is 5.11 Å². The van der Waals surface area contributed by atoms with Crippen molar-refractivity contribution in [1.29, 1.82) is 0 Å². The van der Waals surface area contributed by atoms with Crippen LogP contribution < -0.4 is 5.32 Å². The Bertz CT molecular complexity index is 529. The van der Waals surface area contributed by atoms with Crippen LogP contribution in [0.25, 0.3) is 0 Å². The number of aliphatic carboxylic acids is 1. The van der Waals surface area contributed by atoms with E-state index >= 15 is 0 Å². The molecule has 2 rings (SSSR count). The predicted molar refractivity (Wildman–Crippen MR) is 73.7 cm³/mol. The number of carbonyl (C=O) groups is 2. The van der Waals surface area contributed by atoms with Crippen LogP contribution in [0, 0.1) is 5.82 Å². The van der Waals surface area contributed by atoms with Gasteiger partial charge in [0.1, 0.15) is 11.9 Å². The Labute approximate surface area is 121 Å². The van der Waals surface area contributed by atoms with Gasteiger partial charge in [-0.15, -0.1) is 11.8 Å². The highest BCUT2D eigenvalue weighted by Crippen LogP contribution is 2.24. The van der Waals surface area contributed by atoms with Crippen LogP contribution in [-0.4, -0.2) is 39.7 Å². The largest absolute Gasteiger partial charge is 0.480 e. The van der Waals surface area contributed by atoms with Gasteiger partial charge in [-0.05, 0) is 18.2 Å². The molecule has 0 radical (unpaired) electrons. The molecule has 1 unspecified atom stereocenters. The number of thioether (sulfide) groups is 1. The van der Waals surface area contributed by atoms with Gasteiger partial charge in [-0.25, -0.2) is 14.0 Å². The molecule has 1 aliphatic rings. The molecule has 19 heavy (non-hydrogen) atoms. The monoisotopic (exact) mass is 348 g/mol. The highest BCUT2D eigenvalue weighted by Gasteiger charge is 2.34. The fraction of sp³-hybridized carbons (Fsp3) is 0.273. The summed E-state index contributed by atoms with van der Waals surface area (Å²) in [4.78, 5) is 24.1. The van der Waals surface area contributed by atoms with Crippen molar-refractivity contribution < 1.29 is 19.1 Å². The van der Waals surface area contributed by atoms with Crippen molar-refractivity contribution in [2.24, 2.45) is 0 Å². The SMILES string of the molecule is O=C(O)C1CSCN1C(=O)Nc1ccc(Br)cc1F. The molecule has 2 amide bonds. The third-order valence-corrected chi connectivity index (χ3v) is 4.11. The van der Waals surface area contributed by atoms with Crippen LogP contribution in [0.4, 0.5) is 14.9 Å². The minimum absolute atomic E-state index is 0.0224. The van der Waals surface area contributed by atoms with Crippen LogP contribution in [0.1, 0.15) is 0 Å². The molecule has 1 aromatic rings. The number of carboxylic acid groups (broad SMARTS) is 1. The molecule has 0 saturated carbocycles. The Balaban J connectivity index is 2.10. The summed E-state index contributed by atoms with van der Waals surface area (Å²) >= 11 is 4.46. The fourth-order valence-corrected chi connectivity index (χ4v) is 3.10. The van der Waals surface area contributed by atoms with Gasteiger partial charge in [0.05, 0.1) is 11.6 Å². The average Bonchev–Trinajstić information content (AvgIpc) is 2.82. The summed E-state index contributed by atoms with van der Waals surface area (Å²) < 4.78 is 14.1. The van der Waals surface area contributed by atoms with Gasteiger partial charge in [0.2, 0.25) is 0 Å². The van der Waals surface area contributed by atoms with E-state index in [2.05, 4.69) is 21.2 Å². The van der Waals surface area contributed by atoms with E-state index in [0.29, 0.717) is 10.2 Å². The lowest BCUT2D eigenvalue weighted by Gasteiger charge is -2.21. The number of amides is 2. The second kappa shape index (κ2) is 5.79. The minimum atomic E-state index is -1.06. The van der Waals surface area contributed by atoms with Gasteiger partial charge in [-0.2, -0.15) is 0 Å². The summed E-state index contributed by atoms with van der Waals surface area (Å²) in [5.74, 6) is -1.02. The van der Waals surface area contributed by atoms with Gasteiger partial charge < -0.3 is 15.3 Å². The Morgan fingerprint density at radius 2 is 2.26 bits per heavy atom. The van der Waals surface area contributed by atoms with E-state index in [1.807, 2.05) is 0 Å². The summed E-state index contributed by atoms with van der Waals surface area (Å²) in [5.41, 5.74) is 0.0224. The second-order valence-corrected chi connectivity index (χ2v) is 5.79. The lowest BCUT2D eigenvalue weighted by molar-refractivity contribution is -0.140. The first-order chi connectivity index (χ1) is 8.99. The number of anilines is 1. The molecule has 1 heterocycles. The molecule has 1 fully saturated rings. The standard InChI is InChI=1S/C11H10BrFN2O3S/c12-6-1-2-8(7(13)3-6)14-11(18)15-5-19-4-9(15)10(16)17/h1-3,9H,4-5H2,(H,14,18)(H,16,17). The van der Waals surface area contributed by atoms with Crippen molar-refractivity contribution in [3.63, 3.8) is 0 Å². The first-order valence-corrected chi connectivity index (χ1v) is 7.27. The number of carbonyl (C=O) groups excluding carboxylic acids is 1. The summed E-state index contributed by atoms with van der Waals surface area (Å²) in [5, 5.41) is 11.4. The zero-order valence-corrected chi connectivity index (χ0v) is 12.0. The van der Waals surface area contributed by atoms with Gasteiger partial charge in [-0.3, -0.25) is 0 Å². The molecular formula is C11H10BrFN2O3S. The lowest BCUT2D eigenvalue weighted by atomic mass is 10.3. The van der Waals surface area contributed by atoms with Crippen molar-refractivity contribution in [1.82, 2.24) is 4.90 Å².